The summed E-state index contributed by atoms with van der Waals surface area (Å²) in [5.74, 6) is -1.45. The van der Waals surface area contributed by atoms with Gasteiger partial charge in [-0.25, -0.2) is 4.79 Å². The number of nitrogens with zero attached hydrogens (tertiary/aromatic N) is 2. The highest BCUT2D eigenvalue weighted by Gasteiger charge is 2.56. The molecule has 3 atom stereocenters. The van der Waals surface area contributed by atoms with Crippen LogP contribution in [0.4, 0.5) is 5.69 Å². The molecular formula is C28H38ClN3O5. The Hall–Kier alpha value is -2.61. The number of likely N-dealkylation sites (tertiary alicyclic amines) is 1. The van der Waals surface area contributed by atoms with E-state index in [9.17, 15) is 24.3 Å². The van der Waals surface area contributed by atoms with Crippen molar-refractivity contribution in [3.63, 3.8) is 0 Å². The predicted octanol–water partition coefficient (Wildman–Crippen LogP) is 4.25. The fourth-order valence-corrected chi connectivity index (χ4v) is 6.40. The predicted molar refractivity (Wildman–Crippen MR) is 141 cm³/mol. The van der Waals surface area contributed by atoms with Gasteiger partial charge in [0.25, 0.3) is 0 Å². The minimum absolute atomic E-state index is 0.117. The number of anilines is 1. The van der Waals surface area contributed by atoms with E-state index in [-0.39, 0.29) is 31.2 Å². The first kappa shape index (κ1) is 27.4. The van der Waals surface area contributed by atoms with Crippen molar-refractivity contribution in [3.8, 4) is 0 Å². The second-order valence-electron chi connectivity index (χ2n) is 12.2. The Labute approximate surface area is 223 Å². The maximum absolute atomic E-state index is 13.9. The van der Waals surface area contributed by atoms with E-state index in [0.717, 1.165) is 25.7 Å². The Morgan fingerprint density at radius 1 is 1.16 bits per heavy atom. The Morgan fingerprint density at radius 2 is 1.86 bits per heavy atom. The van der Waals surface area contributed by atoms with Gasteiger partial charge in [-0.2, -0.15) is 0 Å². The molecule has 1 spiro atoms. The quantitative estimate of drug-likeness (QED) is 0.570. The van der Waals surface area contributed by atoms with Gasteiger partial charge in [-0.3, -0.25) is 14.4 Å². The molecule has 202 valence electrons. The van der Waals surface area contributed by atoms with E-state index >= 15 is 0 Å². The van der Waals surface area contributed by atoms with E-state index in [1.165, 1.54) is 11.3 Å². The lowest BCUT2D eigenvalue weighted by Gasteiger charge is -2.35. The van der Waals surface area contributed by atoms with Gasteiger partial charge in [0, 0.05) is 42.1 Å². The summed E-state index contributed by atoms with van der Waals surface area (Å²) in [7, 11) is 0. The fourth-order valence-electron chi connectivity index (χ4n) is 6.21. The molecule has 0 aromatic heterocycles. The van der Waals surface area contributed by atoms with E-state index in [2.05, 4.69) is 5.32 Å². The molecule has 8 nitrogen and oxygen atoms in total. The van der Waals surface area contributed by atoms with Crippen LogP contribution in [0.2, 0.25) is 5.02 Å². The fraction of sp³-hybridized carbons (Fsp3) is 0.643. The molecule has 1 aromatic carbocycles. The molecule has 2 saturated heterocycles. The molecule has 3 fully saturated rings. The molecule has 2 N–H and O–H groups in total. The first-order valence-electron chi connectivity index (χ1n) is 13.3. The standard InChI is InChI=1S/C28H38ClN3O5/c1-27(2,3)24(30-22(33)12-18-8-5-4-6-9-18)25(35)32-17-28(14-21(32)26(36)37)15-23(34)31(16-28)20-11-7-10-19(29)13-20/h7,10-11,13,18,21,24H,4-6,8-9,12,14-17H2,1-3H3,(H,30,33)(H,36,37)/t21-,24+,28-/m0/s1. The Balaban J connectivity index is 1.52. The van der Waals surface area contributed by atoms with Crippen molar-refractivity contribution < 1.29 is 24.3 Å². The number of carbonyl (C=O) groups is 4. The molecular weight excluding hydrogens is 494 g/mol. The summed E-state index contributed by atoms with van der Waals surface area (Å²) in [5.41, 5.74) is -0.628. The third-order valence-electron chi connectivity index (χ3n) is 8.13. The van der Waals surface area contributed by atoms with Crippen molar-refractivity contribution in [2.75, 3.05) is 18.0 Å². The number of nitrogens with one attached hydrogen (secondary N) is 1. The van der Waals surface area contributed by atoms with Gasteiger partial charge in [0.05, 0.1) is 0 Å². The molecule has 9 heteroatoms. The first-order valence-corrected chi connectivity index (χ1v) is 13.6. The van der Waals surface area contributed by atoms with E-state index in [1.807, 2.05) is 20.8 Å². The molecule has 0 radical (unpaired) electrons. The number of amides is 3. The molecule has 3 aliphatic rings. The zero-order chi connectivity index (χ0) is 27.0. The largest absolute Gasteiger partial charge is 0.480 e. The van der Waals surface area contributed by atoms with Crippen LogP contribution in [0.3, 0.4) is 0 Å². The summed E-state index contributed by atoms with van der Waals surface area (Å²) in [5, 5.41) is 13.5. The van der Waals surface area contributed by atoms with E-state index < -0.39 is 34.8 Å². The monoisotopic (exact) mass is 531 g/mol. The lowest BCUT2D eigenvalue weighted by atomic mass is 9.84. The van der Waals surface area contributed by atoms with Gasteiger partial charge in [0.1, 0.15) is 12.1 Å². The number of carboxylic acid groups (broad SMARTS) is 1. The summed E-state index contributed by atoms with van der Waals surface area (Å²) in [6.07, 6.45) is 6.22. The SMILES string of the molecule is CC(C)(C)[C@H](NC(=O)CC1CCCCC1)C(=O)N1C[C@]2(CC(=O)N(c3cccc(Cl)c3)C2)C[C@H]1C(=O)O. The normalized spacial score (nSPS) is 25.5. The van der Waals surface area contributed by atoms with Crippen LogP contribution in [0.25, 0.3) is 0 Å². The Bertz CT molecular complexity index is 1060. The van der Waals surface area contributed by atoms with Gasteiger partial charge in [0.2, 0.25) is 17.7 Å². The highest BCUT2D eigenvalue weighted by molar-refractivity contribution is 6.31. The average Bonchev–Trinajstić information content (AvgIpc) is 3.36. The van der Waals surface area contributed by atoms with Gasteiger partial charge in [-0.15, -0.1) is 0 Å². The van der Waals surface area contributed by atoms with Crippen LogP contribution in [-0.2, 0) is 19.2 Å². The summed E-state index contributed by atoms with van der Waals surface area (Å²) in [6.45, 7) is 6.08. The van der Waals surface area contributed by atoms with Gasteiger partial charge in [-0.05, 0) is 48.8 Å². The number of aliphatic carboxylic acids is 1. The summed E-state index contributed by atoms with van der Waals surface area (Å²) in [6, 6.07) is 5.09. The molecule has 0 unspecified atom stereocenters. The first-order chi connectivity index (χ1) is 17.4. The molecule has 0 bridgehead atoms. The van der Waals surface area contributed by atoms with Crippen molar-refractivity contribution in [1.82, 2.24) is 10.2 Å². The van der Waals surface area contributed by atoms with Crippen molar-refractivity contribution >= 4 is 41.0 Å². The topological polar surface area (TPSA) is 107 Å². The molecule has 1 aliphatic carbocycles. The highest BCUT2D eigenvalue weighted by atomic mass is 35.5. The third-order valence-corrected chi connectivity index (χ3v) is 8.37. The average molecular weight is 532 g/mol. The lowest BCUT2D eigenvalue weighted by molar-refractivity contribution is -0.150. The van der Waals surface area contributed by atoms with Crippen molar-refractivity contribution in [3.05, 3.63) is 29.3 Å². The van der Waals surface area contributed by atoms with E-state index in [1.54, 1.807) is 29.2 Å². The number of carbonyl (C=O) groups excluding carboxylic acids is 3. The van der Waals surface area contributed by atoms with Gasteiger partial charge < -0.3 is 20.2 Å². The van der Waals surface area contributed by atoms with Crippen LogP contribution in [0.1, 0.15) is 72.1 Å². The Morgan fingerprint density at radius 3 is 2.49 bits per heavy atom. The highest BCUT2D eigenvalue weighted by Crippen LogP contribution is 2.45. The van der Waals surface area contributed by atoms with Crippen LogP contribution in [0.5, 0.6) is 0 Å². The third kappa shape index (κ3) is 6.11. The molecule has 2 heterocycles. The molecule has 2 aliphatic heterocycles. The summed E-state index contributed by atoms with van der Waals surface area (Å²) in [4.78, 5) is 55.2. The second kappa shape index (κ2) is 10.6. The van der Waals surface area contributed by atoms with Gasteiger partial charge >= 0.3 is 5.97 Å². The maximum Gasteiger partial charge on any atom is 0.326 e. The number of hydrogen-bond donors (Lipinski definition) is 2. The minimum atomic E-state index is -1.10. The molecule has 37 heavy (non-hydrogen) atoms. The number of carboxylic acids is 1. The van der Waals surface area contributed by atoms with Gasteiger partial charge in [-0.1, -0.05) is 57.7 Å². The second-order valence-corrected chi connectivity index (χ2v) is 12.7. The number of rotatable bonds is 6. The van der Waals surface area contributed by atoms with Crippen molar-refractivity contribution in [2.24, 2.45) is 16.7 Å². The van der Waals surface area contributed by atoms with Crippen LogP contribution >= 0.6 is 11.6 Å². The lowest BCUT2D eigenvalue weighted by Crippen LogP contribution is -2.57. The van der Waals surface area contributed by atoms with E-state index in [0.29, 0.717) is 29.6 Å². The van der Waals surface area contributed by atoms with Crippen LogP contribution < -0.4 is 10.2 Å². The van der Waals surface area contributed by atoms with Crippen LogP contribution in [-0.4, -0.2) is 58.9 Å². The molecule has 1 saturated carbocycles. The molecule has 3 amide bonds. The zero-order valence-corrected chi connectivity index (χ0v) is 22.7. The zero-order valence-electron chi connectivity index (χ0n) is 22.0. The van der Waals surface area contributed by atoms with Crippen molar-refractivity contribution in [2.45, 2.75) is 84.2 Å². The molecule has 4 rings (SSSR count). The maximum atomic E-state index is 13.9. The number of benzene rings is 1. The minimum Gasteiger partial charge on any atom is -0.480 e. The number of hydrogen-bond acceptors (Lipinski definition) is 4. The van der Waals surface area contributed by atoms with Crippen LogP contribution in [0.15, 0.2) is 24.3 Å². The van der Waals surface area contributed by atoms with Gasteiger partial charge in [0.15, 0.2) is 0 Å². The smallest absolute Gasteiger partial charge is 0.326 e. The summed E-state index contributed by atoms with van der Waals surface area (Å²) < 4.78 is 0. The Kier molecular flexibility index (Phi) is 7.88. The van der Waals surface area contributed by atoms with E-state index in [4.69, 9.17) is 11.6 Å². The summed E-state index contributed by atoms with van der Waals surface area (Å²) >= 11 is 6.13. The molecule has 1 aromatic rings. The van der Waals surface area contributed by atoms with Crippen LogP contribution in [0, 0.1) is 16.7 Å². The van der Waals surface area contributed by atoms with Crippen molar-refractivity contribution in [1.29, 1.82) is 0 Å². The number of halogens is 1.